The lowest BCUT2D eigenvalue weighted by molar-refractivity contribution is 0.179. The minimum Gasteiger partial charge on any atom is -0.383 e. The first kappa shape index (κ1) is 13.8. The first-order chi connectivity index (χ1) is 9.10. The van der Waals surface area contributed by atoms with Crippen molar-refractivity contribution in [1.82, 2.24) is 4.90 Å². The highest BCUT2D eigenvalue weighted by Gasteiger charge is 2.30. The molecule has 1 heterocycles. The van der Waals surface area contributed by atoms with E-state index in [-0.39, 0.29) is 4.90 Å². The molecule has 0 amide bonds. The molecule has 0 spiro atoms. The highest BCUT2D eigenvalue weighted by molar-refractivity contribution is 7.90. The van der Waals surface area contributed by atoms with Crippen molar-refractivity contribution in [3.05, 3.63) is 42.5 Å². The summed E-state index contributed by atoms with van der Waals surface area (Å²) < 4.78 is 32.9. The smallest absolute Gasteiger partial charge is 0.285 e. The Labute approximate surface area is 113 Å². The third kappa shape index (κ3) is 2.69. The van der Waals surface area contributed by atoms with Crippen LogP contribution in [-0.2, 0) is 14.8 Å². The lowest BCUT2D eigenvalue weighted by Gasteiger charge is -2.22. The summed E-state index contributed by atoms with van der Waals surface area (Å²) in [6.07, 6.45) is 1.71. The van der Waals surface area contributed by atoms with E-state index in [2.05, 4.69) is 11.0 Å². The van der Waals surface area contributed by atoms with E-state index in [9.17, 15) is 8.42 Å². The lowest BCUT2D eigenvalue weighted by Crippen LogP contribution is -2.34. The molecule has 0 saturated carbocycles. The van der Waals surface area contributed by atoms with Crippen LogP contribution in [0.1, 0.15) is 5.56 Å². The molecule has 19 heavy (non-hydrogen) atoms. The number of hydrogen-bond donors (Lipinski definition) is 0. The lowest BCUT2D eigenvalue weighted by atomic mass is 10.2. The van der Waals surface area contributed by atoms with Gasteiger partial charge in [0.15, 0.2) is 5.84 Å². The van der Waals surface area contributed by atoms with E-state index in [0.717, 1.165) is 0 Å². The van der Waals surface area contributed by atoms with Gasteiger partial charge in [0.2, 0.25) is 0 Å². The van der Waals surface area contributed by atoms with Gasteiger partial charge in [-0.3, -0.25) is 0 Å². The van der Waals surface area contributed by atoms with Crippen molar-refractivity contribution in [2.75, 3.05) is 26.8 Å². The Morgan fingerprint density at radius 1 is 1.42 bits per heavy atom. The van der Waals surface area contributed by atoms with Gasteiger partial charge >= 0.3 is 0 Å². The van der Waals surface area contributed by atoms with Crippen LogP contribution in [0.25, 0.3) is 0 Å². The van der Waals surface area contributed by atoms with Gasteiger partial charge in [0.1, 0.15) is 4.90 Å². The summed E-state index contributed by atoms with van der Waals surface area (Å²) in [4.78, 5) is 2.11. The van der Waals surface area contributed by atoms with E-state index in [1.165, 1.54) is 0 Å². The summed E-state index contributed by atoms with van der Waals surface area (Å²) >= 11 is 0. The Bertz CT molecular complexity index is 608. The zero-order valence-corrected chi connectivity index (χ0v) is 11.6. The summed E-state index contributed by atoms with van der Waals surface area (Å²) in [5.41, 5.74) is 0.639. The number of sulfonamides is 1. The molecule has 0 fully saturated rings. The quantitative estimate of drug-likeness (QED) is 0.762. The molecule has 1 aliphatic rings. The second-order valence-electron chi connectivity index (χ2n) is 4.11. The number of fused-ring (bicyclic) bond motifs is 1. The third-order valence-corrected chi connectivity index (χ3v) is 4.15. The van der Waals surface area contributed by atoms with Crippen LogP contribution in [0.4, 0.5) is 0 Å². The molecule has 0 atom stereocenters. The highest BCUT2D eigenvalue weighted by Crippen LogP contribution is 2.27. The van der Waals surface area contributed by atoms with E-state index in [1.54, 1.807) is 37.5 Å². The van der Waals surface area contributed by atoms with E-state index in [4.69, 9.17) is 4.74 Å². The largest absolute Gasteiger partial charge is 0.383 e. The molecule has 0 bridgehead atoms. The van der Waals surface area contributed by atoms with Gasteiger partial charge in [0, 0.05) is 25.8 Å². The molecular formula is C13H16N2O3S. The van der Waals surface area contributed by atoms with Crippen LogP contribution in [0.3, 0.4) is 0 Å². The molecule has 1 aliphatic heterocycles. The van der Waals surface area contributed by atoms with Gasteiger partial charge in [-0.1, -0.05) is 18.2 Å². The molecule has 102 valence electrons. The third-order valence-electron chi connectivity index (χ3n) is 2.83. The summed E-state index contributed by atoms with van der Waals surface area (Å²) in [7, 11) is -1.97. The summed E-state index contributed by atoms with van der Waals surface area (Å²) in [6, 6.07) is 6.84. The second-order valence-corrected chi connectivity index (χ2v) is 5.69. The summed E-state index contributed by atoms with van der Waals surface area (Å²) in [5.74, 6) is 0.465. The van der Waals surface area contributed by atoms with Crippen molar-refractivity contribution >= 4 is 15.9 Å². The fourth-order valence-electron chi connectivity index (χ4n) is 1.96. The van der Waals surface area contributed by atoms with E-state index >= 15 is 0 Å². The topological polar surface area (TPSA) is 59.0 Å². The van der Waals surface area contributed by atoms with Gasteiger partial charge < -0.3 is 9.64 Å². The molecule has 6 heteroatoms. The minimum atomic E-state index is -3.57. The Morgan fingerprint density at radius 2 is 2.16 bits per heavy atom. The molecule has 0 aliphatic carbocycles. The van der Waals surface area contributed by atoms with Crippen molar-refractivity contribution in [2.24, 2.45) is 4.40 Å². The highest BCUT2D eigenvalue weighted by atomic mass is 32.2. The van der Waals surface area contributed by atoms with Crippen LogP contribution in [0, 0.1) is 0 Å². The fraction of sp³-hybridized carbons (Fsp3) is 0.308. The zero-order valence-electron chi connectivity index (χ0n) is 10.7. The zero-order chi connectivity index (χ0) is 13.9. The van der Waals surface area contributed by atoms with Crippen molar-refractivity contribution < 1.29 is 13.2 Å². The number of methoxy groups -OCH3 is 1. The van der Waals surface area contributed by atoms with Gasteiger partial charge in [-0.15, -0.1) is 11.0 Å². The van der Waals surface area contributed by atoms with Crippen LogP contribution in [0.2, 0.25) is 0 Å². The van der Waals surface area contributed by atoms with Gasteiger partial charge in [0.05, 0.1) is 6.61 Å². The van der Waals surface area contributed by atoms with Crippen molar-refractivity contribution in [3.63, 3.8) is 0 Å². The maximum atomic E-state index is 12.0. The standard InChI is InChI=1S/C13H16N2O3S/c1-3-8-15(9-10-18-2)13-11-6-4-5-7-12(11)19(16,17)14-13/h3-7H,1,8-10H2,2H3. The van der Waals surface area contributed by atoms with Crippen molar-refractivity contribution in [1.29, 1.82) is 0 Å². The predicted molar refractivity (Wildman–Crippen MR) is 73.8 cm³/mol. The molecule has 0 saturated heterocycles. The summed E-state index contributed by atoms with van der Waals surface area (Å²) in [6.45, 7) is 5.26. The fourth-order valence-corrected chi connectivity index (χ4v) is 3.19. The minimum absolute atomic E-state index is 0.261. The summed E-state index contributed by atoms with van der Waals surface area (Å²) in [5, 5.41) is 0. The molecule has 0 unspecified atom stereocenters. The number of rotatable bonds is 5. The number of benzene rings is 1. The van der Waals surface area contributed by atoms with E-state index in [0.29, 0.717) is 31.1 Å². The van der Waals surface area contributed by atoms with Gasteiger partial charge in [-0.25, -0.2) is 0 Å². The maximum absolute atomic E-state index is 12.0. The number of amidine groups is 1. The van der Waals surface area contributed by atoms with Crippen LogP contribution < -0.4 is 0 Å². The average Bonchev–Trinajstić information content (AvgIpc) is 2.67. The maximum Gasteiger partial charge on any atom is 0.285 e. The molecule has 1 aromatic carbocycles. The van der Waals surface area contributed by atoms with Crippen LogP contribution in [-0.4, -0.2) is 46.0 Å². The Balaban J connectivity index is 2.41. The van der Waals surface area contributed by atoms with Crippen LogP contribution in [0.15, 0.2) is 46.2 Å². The Morgan fingerprint density at radius 3 is 2.84 bits per heavy atom. The van der Waals surface area contributed by atoms with Crippen LogP contribution in [0.5, 0.6) is 0 Å². The molecule has 0 radical (unpaired) electrons. The average molecular weight is 280 g/mol. The van der Waals surface area contributed by atoms with Gasteiger partial charge in [0.25, 0.3) is 10.0 Å². The molecule has 1 aromatic rings. The predicted octanol–water partition coefficient (Wildman–Crippen LogP) is 1.27. The monoisotopic (exact) mass is 280 g/mol. The number of nitrogens with zero attached hydrogens (tertiary/aromatic N) is 2. The molecular weight excluding hydrogens is 264 g/mol. The molecule has 2 rings (SSSR count). The van der Waals surface area contributed by atoms with E-state index in [1.807, 2.05) is 4.90 Å². The molecule has 5 nitrogen and oxygen atoms in total. The Kier molecular flexibility index (Phi) is 4.01. The van der Waals surface area contributed by atoms with Gasteiger partial charge in [-0.05, 0) is 12.1 Å². The second kappa shape index (κ2) is 5.54. The van der Waals surface area contributed by atoms with Crippen molar-refractivity contribution in [3.8, 4) is 0 Å². The number of ether oxygens (including phenoxy) is 1. The van der Waals surface area contributed by atoms with Crippen molar-refractivity contribution in [2.45, 2.75) is 4.90 Å². The molecule has 0 aromatic heterocycles. The number of hydrogen-bond acceptors (Lipinski definition) is 4. The first-order valence-electron chi connectivity index (χ1n) is 5.89. The first-order valence-corrected chi connectivity index (χ1v) is 7.33. The van der Waals surface area contributed by atoms with Gasteiger partial charge in [-0.2, -0.15) is 8.42 Å². The normalized spacial score (nSPS) is 15.7. The van der Waals surface area contributed by atoms with Crippen LogP contribution >= 0.6 is 0 Å². The Hall–Kier alpha value is -1.66. The molecule has 0 N–H and O–H groups in total. The van der Waals surface area contributed by atoms with E-state index < -0.39 is 10.0 Å². The SMILES string of the molecule is C=CCN(CCOC)C1=NS(=O)(=O)c2ccccc21.